The van der Waals surface area contributed by atoms with Gasteiger partial charge in [-0.25, -0.2) is 0 Å². The molecular formula is C20H20N2O3. The molecule has 0 aliphatic rings. The van der Waals surface area contributed by atoms with Crippen LogP contribution in [0.1, 0.15) is 24.2 Å². The summed E-state index contributed by atoms with van der Waals surface area (Å²) < 4.78 is 7.29. The Bertz CT molecular complexity index is 959. The number of nitrogens with zero attached hydrogens (tertiary/aromatic N) is 1. The third-order valence-corrected chi connectivity index (χ3v) is 4.00. The molecule has 0 atom stereocenters. The number of ether oxygens (including phenoxy) is 1. The molecule has 5 nitrogen and oxygen atoms in total. The van der Waals surface area contributed by atoms with Gasteiger partial charge in [-0.05, 0) is 50.2 Å². The van der Waals surface area contributed by atoms with Gasteiger partial charge in [0.15, 0.2) is 0 Å². The van der Waals surface area contributed by atoms with Crippen LogP contribution in [-0.2, 0) is 6.54 Å². The first-order valence-corrected chi connectivity index (χ1v) is 8.30. The number of aryl methyl sites for hydroxylation is 1. The topological polar surface area (TPSA) is 60.3 Å². The number of pyridine rings is 1. The Morgan fingerprint density at radius 3 is 2.48 bits per heavy atom. The highest BCUT2D eigenvalue weighted by Gasteiger charge is 2.15. The number of benzene rings is 2. The van der Waals surface area contributed by atoms with Crippen LogP contribution in [0, 0.1) is 0 Å². The summed E-state index contributed by atoms with van der Waals surface area (Å²) in [6.45, 7) is 5.14. The Balaban J connectivity index is 1.94. The number of aromatic nitrogens is 1. The van der Waals surface area contributed by atoms with E-state index in [1.165, 1.54) is 0 Å². The predicted molar refractivity (Wildman–Crippen MR) is 99.4 cm³/mol. The van der Waals surface area contributed by atoms with Crippen LogP contribution >= 0.6 is 0 Å². The molecule has 1 amide bonds. The van der Waals surface area contributed by atoms with Crippen molar-refractivity contribution < 1.29 is 9.53 Å². The molecule has 1 N–H and O–H groups in total. The summed E-state index contributed by atoms with van der Waals surface area (Å²) in [6.07, 6.45) is 1.62. The van der Waals surface area contributed by atoms with Crippen LogP contribution in [0.25, 0.3) is 10.9 Å². The summed E-state index contributed by atoms with van der Waals surface area (Å²) in [5.74, 6) is 0.321. The van der Waals surface area contributed by atoms with Crippen molar-refractivity contribution in [1.29, 1.82) is 0 Å². The van der Waals surface area contributed by atoms with E-state index in [-0.39, 0.29) is 11.0 Å². The van der Waals surface area contributed by atoms with Crippen LogP contribution in [0.3, 0.4) is 0 Å². The second-order valence-electron chi connectivity index (χ2n) is 5.59. The van der Waals surface area contributed by atoms with E-state index in [9.17, 15) is 9.59 Å². The lowest BCUT2D eigenvalue weighted by molar-refractivity contribution is 0.102. The van der Waals surface area contributed by atoms with E-state index in [2.05, 4.69) is 5.32 Å². The number of carbonyl (C=O) groups excluding carboxylic acids is 1. The lowest BCUT2D eigenvalue weighted by Crippen LogP contribution is -2.23. The lowest BCUT2D eigenvalue weighted by atomic mass is 10.1. The molecule has 3 rings (SSSR count). The molecule has 0 radical (unpaired) electrons. The summed E-state index contributed by atoms with van der Waals surface area (Å²) >= 11 is 0. The largest absolute Gasteiger partial charge is 0.494 e. The van der Waals surface area contributed by atoms with Gasteiger partial charge in [0.05, 0.1) is 12.1 Å². The highest BCUT2D eigenvalue weighted by Crippen LogP contribution is 2.17. The van der Waals surface area contributed by atoms with Crippen LogP contribution in [0.15, 0.2) is 59.5 Å². The van der Waals surface area contributed by atoms with Gasteiger partial charge in [-0.1, -0.05) is 12.1 Å². The molecular weight excluding hydrogens is 316 g/mol. The second kappa shape index (κ2) is 7.21. The summed E-state index contributed by atoms with van der Waals surface area (Å²) in [5.41, 5.74) is 1.31. The van der Waals surface area contributed by atoms with Crippen LogP contribution < -0.4 is 15.5 Å². The van der Waals surface area contributed by atoms with Crippen molar-refractivity contribution in [2.75, 3.05) is 11.9 Å². The molecule has 1 aromatic heterocycles. The molecule has 2 aromatic carbocycles. The Labute approximate surface area is 145 Å². The third-order valence-electron chi connectivity index (χ3n) is 4.00. The van der Waals surface area contributed by atoms with E-state index < -0.39 is 5.91 Å². The fourth-order valence-electron chi connectivity index (χ4n) is 2.77. The lowest BCUT2D eigenvalue weighted by Gasteiger charge is -2.12. The van der Waals surface area contributed by atoms with E-state index in [1.807, 2.05) is 30.5 Å². The maximum Gasteiger partial charge on any atom is 0.261 e. The summed E-state index contributed by atoms with van der Waals surface area (Å²) in [5, 5.41) is 3.32. The van der Waals surface area contributed by atoms with E-state index >= 15 is 0 Å². The Kier molecular flexibility index (Phi) is 4.84. The van der Waals surface area contributed by atoms with Gasteiger partial charge in [-0.3, -0.25) is 9.59 Å². The number of nitrogens with one attached hydrogen (secondary N) is 1. The number of fused-ring (bicyclic) bond motifs is 1. The second-order valence-corrected chi connectivity index (χ2v) is 5.59. The van der Waals surface area contributed by atoms with Gasteiger partial charge < -0.3 is 14.6 Å². The van der Waals surface area contributed by atoms with Crippen molar-refractivity contribution in [3.8, 4) is 5.75 Å². The van der Waals surface area contributed by atoms with Crippen molar-refractivity contribution in [1.82, 2.24) is 4.57 Å². The van der Waals surface area contributed by atoms with Crippen LogP contribution in [0.2, 0.25) is 0 Å². The number of anilines is 1. The van der Waals surface area contributed by atoms with Crippen molar-refractivity contribution in [2.45, 2.75) is 20.4 Å². The van der Waals surface area contributed by atoms with Crippen molar-refractivity contribution in [3.63, 3.8) is 0 Å². The van der Waals surface area contributed by atoms with Crippen LogP contribution in [-0.4, -0.2) is 17.1 Å². The van der Waals surface area contributed by atoms with Gasteiger partial charge in [0, 0.05) is 23.8 Å². The molecule has 0 fully saturated rings. The summed E-state index contributed by atoms with van der Waals surface area (Å²) in [7, 11) is 0. The minimum atomic E-state index is -0.415. The quantitative estimate of drug-likeness (QED) is 0.773. The molecule has 25 heavy (non-hydrogen) atoms. The molecule has 0 saturated carbocycles. The number of hydrogen-bond donors (Lipinski definition) is 1. The minimum absolute atomic E-state index is 0.134. The molecule has 0 saturated heterocycles. The number of rotatable bonds is 5. The maximum atomic E-state index is 12.7. The van der Waals surface area contributed by atoms with Crippen LogP contribution in [0.5, 0.6) is 5.75 Å². The average Bonchev–Trinajstić information content (AvgIpc) is 2.64. The maximum absolute atomic E-state index is 12.7. The standard InChI is InChI=1S/C20H20N2O3/c1-3-22-13-17(19(23)16-7-5-6-8-18(16)22)20(24)21-14-9-11-15(12-10-14)25-4-2/h5-13H,3-4H2,1-2H3,(H,21,24). The molecule has 128 valence electrons. The van der Waals surface area contributed by atoms with E-state index in [0.717, 1.165) is 11.3 Å². The summed E-state index contributed by atoms with van der Waals surface area (Å²) in [4.78, 5) is 25.3. The number of para-hydroxylation sites is 1. The molecule has 0 unspecified atom stereocenters. The van der Waals surface area contributed by atoms with E-state index in [4.69, 9.17) is 4.74 Å². The van der Waals surface area contributed by atoms with Crippen molar-refractivity contribution in [3.05, 3.63) is 70.5 Å². The van der Waals surface area contributed by atoms with Gasteiger partial charge >= 0.3 is 0 Å². The molecule has 0 aliphatic heterocycles. The molecule has 0 aliphatic carbocycles. The monoisotopic (exact) mass is 336 g/mol. The minimum Gasteiger partial charge on any atom is -0.494 e. The zero-order chi connectivity index (χ0) is 17.8. The average molecular weight is 336 g/mol. The Morgan fingerprint density at radius 1 is 1.08 bits per heavy atom. The van der Waals surface area contributed by atoms with Crippen molar-refractivity contribution >= 4 is 22.5 Å². The zero-order valence-electron chi connectivity index (χ0n) is 14.3. The highest BCUT2D eigenvalue weighted by atomic mass is 16.5. The molecule has 3 aromatic rings. The first-order chi connectivity index (χ1) is 12.1. The number of amides is 1. The number of hydrogen-bond acceptors (Lipinski definition) is 3. The molecule has 1 heterocycles. The van der Waals surface area contributed by atoms with Gasteiger partial charge in [0.25, 0.3) is 5.91 Å². The fourth-order valence-corrected chi connectivity index (χ4v) is 2.77. The van der Waals surface area contributed by atoms with Gasteiger partial charge in [0.2, 0.25) is 5.43 Å². The predicted octanol–water partition coefficient (Wildman–Crippen LogP) is 3.67. The Hall–Kier alpha value is -3.08. The third kappa shape index (κ3) is 3.40. The van der Waals surface area contributed by atoms with Crippen molar-refractivity contribution in [2.24, 2.45) is 0 Å². The summed E-state index contributed by atoms with van der Waals surface area (Å²) in [6, 6.07) is 14.4. The smallest absolute Gasteiger partial charge is 0.261 e. The molecule has 0 bridgehead atoms. The molecule has 5 heteroatoms. The van der Waals surface area contributed by atoms with Crippen LogP contribution in [0.4, 0.5) is 5.69 Å². The first kappa shape index (κ1) is 16.8. The van der Waals surface area contributed by atoms with Gasteiger partial charge in [-0.2, -0.15) is 0 Å². The zero-order valence-corrected chi connectivity index (χ0v) is 14.3. The molecule has 0 spiro atoms. The number of carbonyl (C=O) groups is 1. The van der Waals surface area contributed by atoms with E-state index in [1.54, 1.807) is 42.6 Å². The highest BCUT2D eigenvalue weighted by molar-refractivity contribution is 6.05. The Morgan fingerprint density at radius 2 is 1.80 bits per heavy atom. The van der Waals surface area contributed by atoms with Gasteiger partial charge in [-0.15, -0.1) is 0 Å². The first-order valence-electron chi connectivity index (χ1n) is 8.30. The van der Waals surface area contributed by atoms with Gasteiger partial charge in [0.1, 0.15) is 11.3 Å². The fraction of sp³-hybridized carbons (Fsp3) is 0.200. The normalized spacial score (nSPS) is 10.6. The van der Waals surface area contributed by atoms with E-state index in [0.29, 0.717) is 24.2 Å². The SMILES string of the molecule is CCOc1ccc(NC(=O)c2cn(CC)c3ccccc3c2=O)cc1.